The molecule has 0 aliphatic carbocycles. The lowest BCUT2D eigenvalue weighted by atomic mass is 10.2. The van der Waals surface area contributed by atoms with Crippen LogP contribution >= 0.6 is 11.3 Å². The summed E-state index contributed by atoms with van der Waals surface area (Å²) in [5.74, 6) is 0.891. The zero-order valence-electron chi connectivity index (χ0n) is 17.4. The summed E-state index contributed by atoms with van der Waals surface area (Å²) in [5, 5.41) is 9.20. The number of likely N-dealkylation sites (N-methyl/N-ethyl adjacent to an activating group) is 1. The molecule has 1 aromatic rings. The number of piperazine rings is 1. The average molecular weight is 409 g/mol. The quantitative estimate of drug-likeness (QED) is 0.493. The molecule has 2 aliphatic heterocycles. The van der Waals surface area contributed by atoms with Gasteiger partial charge in [0.2, 0.25) is 0 Å². The topological polar surface area (TPSA) is 55.4 Å². The molecule has 2 fully saturated rings. The fourth-order valence-corrected chi connectivity index (χ4v) is 4.72. The SMILES string of the molecule is CCN1CCN(CCNC(=NC)NCC(c2cccs2)N2CCOCC2)CC1. The van der Waals surface area contributed by atoms with E-state index in [1.165, 1.54) is 31.1 Å². The van der Waals surface area contributed by atoms with E-state index in [1.807, 2.05) is 18.4 Å². The van der Waals surface area contributed by atoms with Crippen LogP contribution in [-0.2, 0) is 4.74 Å². The van der Waals surface area contributed by atoms with Crippen LogP contribution in [0.1, 0.15) is 17.8 Å². The Morgan fingerprint density at radius 2 is 1.89 bits per heavy atom. The molecule has 0 aromatic carbocycles. The maximum Gasteiger partial charge on any atom is 0.191 e. The van der Waals surface area contributed by atoms with Gasteiger partial charge in [0.25, 0.3) is 0 Å². The molecular formula is C20H36N6OS. The van der Waals surface area contributed by atoms with Crippen molar-refractivity contribution in [3.05, 3.63) is 22.4 Å². The Morgan fingerprint density at radius 1 is 1.14 bits per heavy atom. The Bertz CT molecular complexity index is 567. The average Bonchev–Trinajstić information content (AvgIpc) is 3.28. The molecule has 0 amide bonds. The molecule has 1 unspecified atom stereocenters. The van der Waals surface area contributed by atoms with Gasteiger partial charge in [0.15, 0.2) is 5.96 Å². The summed E-state index contributed by atoms with van der Waals surface area (Å²) < 4.78 is 5.54. The molecule has 8 heteroatoms. The predicted molar refractivity (Wildman–Crippen MR) is 117 cm³/mol. The van der Waals surface area contributed by atoms with Gasteiger partial charge in [-0.15, -0.1) is 11.3 Å². The minimum absolute atomic E-state index is 0.365. The van der Waals surface area contributed by atoms with Crippen molar-refractivity contribution in [2.45, 2.75) is 13.0 Å². The van der Waals surface area contributed by atoms with Gasteiger partial charge in [0, 0.05) is 70.8 Å². The highest BCUT2D eigenvalue weighted by molar-refractivity contribution is 7.10. The van der Waals surface area contributed by atoms with E-state index in [2.05, 4.69) is 54.8 Å². The van der Waals surface area contributed by atoms with Gasteiger partial charge in [-0.05, 0) is 18.0 Å². The number of nitrogens with zero attached hydrogens (tertiary/aromatic N) is 4. The summed E-state index contributed by atoms with van der Waals surface area (Å²) in [4.78, 5) is 13.4. The number of rotatable bonds is 8. The van der Waals surface area contributed by atoms with Crippen LogP contribution in [0.3, 0.4) is 0 Å². The van der Waals surface area contributed by atoms with E-state index in [0.29, 0.717) is 6.04 Å². The fraction of sp³-hybridized carbons (Fsp3) is 0.750. The first-order valence-electron chi connectivity index (χ1n) is 10.5. The summed E-state index contributed by atoms with van der Waals surface area (Å²) in [5.41, 5.74) is 0. The summed E-state index contributed by atoms with van der Waals surface area (Å²) in [6.45, 7) is 14.6. The number of morpholine rings is 1. The molecule has 2 saturated heterocycles. The molecule has 0 spiro atoms. The van der Waals surface area contributed by atoms with Gasteiger partial charge in [0.05, 0.1) is 19.3 Å². The van der Waals surface area contributed by atoms with Crippen LogP contribution in [0.4, 0.5) is 0 Å². The normalized spacial score (nSPS) is 21.6. The summed E-state index contributed by atoms with van der Waals surface area (Å²) in [7, 11) is 1.85. The van der Waals surface area contributed by atoms with Crippen molar-refractivity contribution in [3.63, 3.8) is 0 Å². The number of hydrogen-bond acceptors (Lipinski definition) is 6. The molecule has 2 aliphatic rings. The van der Waals surface area contributed by atoms with Gasteiger partial charge in [-0.1, -0.05) is 13.0 Å². The van der Waals surface area contributed by atoms with E-state index in [1.54, 1.807) is 0 Å². The second kappa shape index (κ2) is 11.7. The lowest BCUT2D eigenvalue weighted by Gasteiger charge is -2.35. The van der Waals surface area contributed by atoms with Crippen molar-refractivity contribution in [1.82, 2.24) is 25.3 Å². The van der Waals surface area contributed by atoms with Gasteiger partial charge in [-0.3, -0.25) is 14.8 Å². The summed E-state index contributed by atoms with van der Waals surface area (Å²) >= 11 is 1.83. The van der Waals surface area contributed by atoms with Crippen molar-refractivity contribution < 1.29 is 4.74 Å². The molecule has 0 bridgehead atoms. The highest BCUT2D eigenvalue weighted by Crippen LogP contribution is 2.25. The number of nitrogens with one attached hydrogen (secondary N) is 2. The molecule has 0 saturated carbocycles. The molecule has 0 radical (unpaired) electrons. The third-order valence-electron chi connectivity index (χ3n) is 5.68. The molecule has 28 heavy (non-hydrogen) atoms. The Balaban J connectivity index is 1.43. The number of hydrogen-bond donors (Lipinski definition) is 2. The first kappa shape index (κ1) is 21.5. The zero-order chi connectivity index (χ0) is 19.6. The van der Waals surface area contributed by atoms with Crippen molar-refractivity contribution in [1.29, 1.82) is 0 Å². The first-order chi connectivity index (χ1) is 13.8. The van der Waals surface area contributed by atoms with Crippen LogP contribution in [0.15, 0.2) is 22.5 Å². The van der Waals surface area contributed by atoms with Crippen LogP contribution in [0.5, 0.6) is 0 Å². The van der Waals surface area contributed by atoms with Crippen LogP contribution in [0.2, 0.25) is 0 Å². The van der Waals surface area contributed by atoms with Gasteiger partial charge in [-0.25, -0.2) is 0 Å². The smallest absolute Gasteiger partial charge is 0.191 e. The highest BCUT2D eigenvalue weighted by atomic mass is 32.1. The van der Waals surface area contributed by atoms with E-state index in [4.69, 9.17) is 4.74 Å². The molecule has 7 nitrogen and oxygen atoms in total. The number of thiophene rings is 1. The molecule has 2 N–H and O–H groups in total. The van der Waals surface area contributed by atoms with Crippen molar-refractivity contribution in [2.24, 2.45) is 4.99 Å². The van der Waals surface area contributed by atoms with Crippen LogP contribution in [0.25, 0.3) is 0 Å². The maximum atomic E-state index is 5.54. The van der Waals surface area contributed by atoms with E-state index in [9.17, 15) is 0 Å². The third-order valence-corrected chi connectivity index (χ3v) is 6.65. The molecule has 1 aromatic heterocycles. The Labute approximate surface area is 173 Å². The fourth-order valence-electron chi connectivity index (χ4n) is 3.86. The second-order valence-electron chi connectivity index (χ2n) is 7.34. The van der Waals surface area contributed by atoms with E-state index in [-0.39, 0.29) is 0 Å². The third kappa shape index (κ3) is 6.42. The van der Waals surface area contributed by atoms with E-state index in [0.717, 1.165) is 58.4 Å². The summed E-state index contributed by atoms with van der Waals surface area (Å²) in [6, 6.07) is 4.74. The Kier molecular flexibility index (Phi) is 9.01. The van der Waals surface area contributed by atoms with E-state index < -0.39 is 0 Å². The minimum Gasteiger partial charge on any atom is -0.379 e. The lowest BCUT2D eigenvalue weighted by Crippen LogP contribution is -2.50. The zero-order valence-corrected chi connectivity index (χ0v) is 18.2. The standard InChI is InChI=1S/C20H36N6OS/c1-3-24-8-10-25(11-9-24)7-6-22-20(21-2)23-17-18(19-5-4-16-28-19)26-12-14-27-15-13-26/h4-5,16,18H,3,6-15,17H2,1-2H3,(H2,21,22,23). The van der Waals surface area contributed by atoms with Crippen molar-refractivity contribution >= 4 is 17.3 Å². The van der Waals surface area contributed by atoms with Crippen LogP contribution < -0.4 is 10.6 Å². The Morgan fingerprint density at radius 3 is 2.54 bits per heavy atom. The Hall–Kier alpha value is -1.19. The summed E-state index contributed by atoms with van der Waals surface area (Å²) in [6.07, 6.45) is 0. The lowest BCUT2D eigenvalue weighted by molar-refractivity contribution is 0.0177. The van der Waals surface area contributed by atoms with E-state index >= 15 is 0 Å². The predicted octanol–water partition coefficient (Wildman–Crippen LogP) is 0.924. The van der Waals surface area contributed by atoms with Crippen LogP contribution in [0, 0.1) is 0 Å². The van der Waals surface area contributed by atoms with Crippen molar-refractivity contribution in [3.8, 4) is 0 Å². The van der Waals surface area contributed by atoms with Gasteiger partial charge < -0.3 is 20.3 Å². The minimum atomic E-state index is 0.365. The molecular weight excluding hydrogens is 372 g/mol. The van der Waals surface area contributed by atoms with Crippen LogP contribution in [-0.4, -0.2) is 106 Å². The number of guanidine groups is 1. The molecule has 3 heterocycles. The van der Waals surface area contributed by atoms with Crippen molar-refractivity contribution in [2.75, 3.05) is 85.7 Å². The number of aliphatic imine (C=N–C) groups is 1. The highest BCUT2D eigenvalue weighted by Gasteiger charge is 2.23. The maximum absolute atomic E-state index is 5.54. The molecule has 3 rings (SSSR count). The largest absolute Gasteiger partial charge is 0.379 e. The van der Waals surface area contributed by atoms with Gasteiger partial charge in [-0.2, -0.15) is 0 Å². The monoisotopic (exact) mass is 408 g/mol. The van der Waals surface area contributed by atoms with Gasteiger partial charge >= 0.3 is 0 Å². The molecule has 1 atom stereocenters. The second-order valence-corrected chi connectivity index (χ2v) is 8.31. The first-order valence-corrected chi connectivity index (χ1v) is 11.4. The molecule has 158 valence electrons. The number of ether oxygens (including phenoxy) is 1. The van der Waals surface area contributed by atoms with Gasteiger partial charge in [0.1, 0.15) is 0 Å².